The molecule has 0 bridgehead atoms. The van der Waals surface area contributed by atoms with E-state index in [9.17, 15) is 0 Å². The largest absolute Gasteiger partial charge is 0.369 e. The van der Waals surface area contributed by atoms with Crippen molar-refractivity contribution in [1.82, 2.24) is 5.32 Å². The first-order valence-corrected chi connectivity index (χ1v) is 9.23. The Morgan fingerprint density at radius 3 is 2.24 bits per heavy atom. The predicted molar refractivity (Wildman–Crippen MR) is 103 cm³/mol. The van der Waals surface area contributed by atoms with Crippen LogP contribution in [0.1, 0.15) is 32.1 Å². The molecule has 0 amide bonds. The summed E-state index contributed by atoms with van der Waals surface area (Å²) in [5.41, 5.74) is 14.1. The molecule has 1 aliphatic carbocycles. The Kier molecular flexibility index (Phi) is 4.25. The summed E-state index contributed by atoms with van der Waals surface area (Å²) in [6, 6.07) is 8.61. The summed E-state index contributed by atoms with van der Waals surface area (Å²) in [4.78, 5) is 13.5. The van der Waals surface area contributed by atoms with E-state index < -0.39 is 0 Å². The van der Waals surface area contributed by atoms with Gasteiger partial charge in [0.15, 0.2) is 0 Å². The molecule has 25 heavy (non-hydrogen) atoms. The van der Waals surface area contributed by atoms with Crippen molar-refractivity contribution in [3.8, 4) is 0 Å². The van der Waals surface area contributed by atoms with Crippen LogP contribution in [0.4, 0.5) is 11.4 Å². The van der Waals surface area contributed by atoms with E-state index in [1.54, 1.807) is 0 Å². The molecular weight excluding hydrogens is 314 g/mol. The Hall–Kier alpha value is -2.28. The van der Waals surface area contributed by atoms with Crippen molar-refractivity contribution < 1.29 is 0 Å². The van der Waals surface area contributed by atoms with E-state index in [1.165, 1.54) is 12.1 Å². The van der Waals surface area contributed by atoms with E-state index >= 15 is 0 Å². The number of nitrogens with zero attached hydrogens (tertiary/aromatic N) is 4. The van der Waals surface area contributed by atoms with Crippen molar-refractivity contribution in [2.45, 2.75) is 37.8 Å². The number of aliphatic imine (C=N–C) groups is 2. The van der Waals surface area contributed by atoms with Crippen LogP contribution in [-0.4, -0.2) is 43.8 Å². The van der Waals surface area contributed by atoms with Gasteiger partial charge in [-0.3, -0.25) is 4.90 Å². The van der Waals surface area contributed by atoms with Crippen molar-refractivity contribution in [3.63, 3.8) is 0 Å². The summed E-state index contributed by atoms with van der Waals surface area (Å²) in [7, 11) is 0. The van der Waals surface area contributed by atoms with E-state index in [0.29, 0.717) is 11.9 Å². The monoisotopic (exact) mass is 341 g/mol. The molecule has 4 rings (SSSR count). The number of rotatable bonds is 2. The lowest BCUT2D eigenvalue weighted by Gasteiger charge is -2.45. The summed E-state index contributed by atoms with van der Waals surface area (Å²) in [5.74, 6) is 0.748. The highest BCUT2D eigenvalue weighted by molar-refractivity contribution is 6.05. The van der Waals surface area contributed by atoms with Crippen LogP contribution in [0.2, 0.25) is 0 Å². The molecule has 7 heteroatoms. The van der Waals surface area contributed by atoms with Crippen LogP contribution >= 0.6 is 0 Å². The highest BCUT2D eigenvalue weighted by atomic mass is 15.4. The second-order valence-electron chi connectivity index (χ2n) is 7.07. The van der Waals surface area contributed by atoms with Crippen molar-refractivity contribution in [2.24, 2.45) is 21.5 Å². The summed E-state index contributed by atoms with van der Waals surface area (Å²) in [6.07, 6.45) is 5.44. The van der Waals surface area contributed by atoms with Crippen LogP contribution in [0.3, 0.4) is 0 Å². The minimum absolute atomic E-state index is 0.299. The molecule has 0 atom stereocenters. The maximum absolute atomic E-state index is 6.28. The summed E-state index contributed by atoms with van der Waals surface area (Å²) in [5, 5.41) is 3.39. The van der Waals surface area contributed by atoms with Gasteiger partial charge in [-0.1, -0.05) is 6.42 Å². The first kappa shape index (κ1) is 16.2. The maximum Gasteiger partial charge on any atom is 0.220 e. The van der Waals surface area contributed by atoms with Gasteiger partial charge < -0.3 is 21.7 Å². The molecule has 5 N–H and O–H groups in total. The number of hydrogen-bond donors (Lipinski definition) is 3. The van der Waals surface area contributed by atoms with Crippen molar-refractivity contribution in [2.75, 3.05) is 36.0 Å². The zero-order valence-corrected chi connectivity index (χ0v) is 14.6. The van der Waals surface area contributed by atoms with Crippen LogP contribution in [0.5, 0.6) is 0 Å². The Bertz CT molecular complexity index is 667. The summed E-state index contributed by atoms with van der Waals surface area (Å²) in [6.45, 7) is 4.14. The van der Waals surface area contributed by atoms with Crippen LogP contribution in [0, 0.1) is 0 Å². The molecule has 0 aromatic heterocycles. The Labute approximate surface area is 148 Å². The number of benzene rings is 1. The van der Waals surface area contributed by atoms with Crippen molar-refractivity contribution in [1.29, 1.82) is 0 Å². The van der Waals surface area contributed by atoms with E-state index in [0.717, 1.165) is 57.5 Å². The smallest absolute Gasteiger partial charge is 0.220 e. The third-order valence-electron chi connectivity index (χ3n) is 5.44. The van der Waals surface area contributed by atoms with Crippen molar-refractivity contribution >= 4 is 23.3 Å². The number of piperazine rings is 1. The summed E-state index contributed by atoms with van der Waals surface area (Å²) >= 11 is 0. The fourth-order valence-corrected chi connectivity index (χ4v) is 4.23. The Morgan fingerprint density at radius 1 is 0.920 bits per heavy atom. The van der Waals surface area contributed by atoms with Gasteiger partial charge in [0.2, 0.25) is 11.9 Å². The topological polar surface area (TPSA) is 95.3 Å². The predicted octanol–water partition coefficient (Wildman–Crippen LogP) is 1.21. The second kappa shape index (κ2) is 6.55. The molecule has 1 saturated carbocycles. The number of nitrogens with one attached hydrogen (secondary N) is 1. The lowest BCUT2D eigenvalue weighted by Crippen LogP contribution is -2.58. The van der Waals surface area contributed by atoms with E-state index in [2.05, 4.69) is 44.4 Å². The molecule has 1 spiro atoms. The normalized spacial score (nSPS) is 23.4. The third kappa shape index (κ3) is 3.04. The van der Waals surface area contributed by atoms with Gasteiger partial charge in [-0.05, 0) is 49.9 Å². The van der Waals surface area contributed by atoms with Crippen LogP contribution in [0.15, 0.2) is 34.3 Å². The quantitative estimate of drug-likeness (QED) is 0.751. The fourth-order valence-electron chi connectivity index (χ4n) is 4.23. The van der Waals surface area contributed by atoms with Gasteiger partial charge in [0.05, 0.1) is 0 Å². The zero-order valence-electron chi connectivity index (χ0n) is 14.6. The Morgan fingerprint density at radius 2 is 1.56 bits per heavy atom. The molecule has 1 saturated heterocycles. The van der Waals surface area contributed by atoms with Gasteiger partial charge in [0.1, 0.15) is 5.66 Å². The molecule has 134 valence electrons. The van der Waals surface area contributed by atoms with Gasteiger partial charge in [-0.15, -0.1) is 0 Å². The maximum atomic E-state index is 6.28. The molecule has 1 aromatic carbocycles. The number of nitrogens with two attached hydrogens (primary N) is 2. The van der Waals surface area contributed by atoms with Crippen LogP contribution < -0.4 is 26.6 Å². The molecule has 2 fully saturated rings. The van der Waals surface area contributed by atoms with Gasteiger partial charge in [-0.25, -0.2) is 4.99 Å². The molecule has 3 aliphatic rings. The van der Waals surface area contributed by atoms with Gasteiger partial charge >= 0.3 is 0 Å². The Balaban J connectivity index is 1.63. The lowest BCUT2D eigenvalue weighted by atomic mass is 9.87. The molecule has 0 unspecified atom stereocenters. The third-order valence-corrected chi connectivity index (χ3v) is 5.44. The minimum atomic E-state index is -0.370. The number of guanidine groups is 2. The number of hydrogen-bond acceptors (Lipinski definition) is 7. The summed E-state index contributed by atoms with van der Waals surface area (Å²) < 4.78 is 0. The zero-order chi connectivity index (χ0) is 17.3. The average molecular weight is 341 g/mol. The minimum Gasteiger partial charge on any atom is -0.369 e. The molecule has 0 radical (unpaired) electrons. The van der Waals surface area contributed by atoms with Gasteiger partial charge in [0, 0.05) is 37.6 Å². The lowest BCUT2D eigenvalue weighted by molar-refractivity contribution is 0.305. The standard InChI is InChI=1S/C18H27N7/c19-16-22-17(20)25(18(23-16)8-2-1-3-9-18)15-6-4-14(5-7-15)24-12-10-21-11-13-24/h4-7,21H,1-3,8-13H2,(H4,19,20,22,23). The number of anilines is 2. The average Bonchev–Trinajstić information content (AvgIpc) is 2.63. The van der Waals surface area contributed by atoms with Crippen molar-refractivity contribution in [3.05, 3.63) is 24.3 Å². The van der Waals surface area contributed by atoms with Crippen LogP contribution in [-0.2, 0) is 0 Å². The molecule has 2 heterocycles. The van der Waals surface area contributed by atoms with E-state index in [-0.39, 0.29) is 5.66 Å². The van der Waals surface area contributed by atoms with E-state index in [4.69, 9.17) is 16.5 Å². The fraction of sp³-hybridized carbons (Fsp3) is 0.556. The van der Waals surface area contributed by atoms with Crippen LogP contribution in [0.25, 0.3) is 0 Å². The van der Waals surface area contributed by atoms with Gasteiger partial charge in [0.25, 0.3) is 0 Å². The van der Waals surface area contributed by atoms with E-state index in [1.807, 2.05) is 0 Å². The molecule has 7 nitrogen and oxygen atoms in total. The first-order chi connectivity index (χ1) is 12.2. The highest BCUT2D eigenvalue weighted by Crippen LogP contribution is 2.39. The molecule has 1 aromatic rings. The highest BCUT2D eigenvalue weighted by Gasteiger charge is 2.42. The molecular formula is C18H27N7. The first-order valence-electron chi connectivity index (χ1n) is 9.23. The SMILES string of the molecule is NC1=NC2(CCCCC2)N(c2ccc(N3CCNCC3)cc2)C(N)=N1. The second-order valence-corrected chi connectivity index (χ2v) is 7.07. The van der Waals surface area contributed by atoms with Gasteiger partial charge in [-0.2, -0.15) is 4.99 Å². The molecule has 2 aliphatic heterocycles.